The van der Waals surface area contributed by atoms with E-state index < -0.39 is 0 Å². The van der Waals surface area contributed by atoms with Gasteiger partial charge in [-0.1, -0.05) is 25.1 Å². The monoisotopic (exact) mass is 244 g/mol. The minimum Gasteiger partial charge on any atom is -0.324 e. The number of nitrogens with two attached hydrogens (primary N) is 1. The van der Waals surface area contributed by atoms with Crippen molar-refractivity contribution in [1.82, 2.24) is 14.8 Å². The fourth-order valence-electron chi connectivity index (χ4n) is 2.14. The maximum absolute atomic E-state index is 5.72. The highest BCUT2D eigenvalue weighted by molar-refractivity contribution is 5.62. The summed E-state index contributed by atoms with van der Waals surface area (Å²) in [4.78, 5) is 0. The Bertz CT molecular complexity index is 543. The lowest BCUT2D eigenvalue weighted by Gasteiger charge is -2.11. The molecule has 96 valence electrons. The first kappa shape index (κ1) is 12.8. The van der Waals surface area contributed by atoms with Crippen molar-refractivity contribution in [1.29, 1.82) is 0 Å². The largest absolute Gasteiger partial charge is 0.324 e. The van der Waals surface area contributed by atoms with Crippen molar-refractivity contribution in [3.63, 3.8) is 0 Å². The molecule has 4 heteroatoms. The quantitative estimate of drug-likeness (QED) is 0.898. The van der Waals surface area contributed by atoms with Gasteiger partial charge in [0.15, 0.2) is 5.82 Å². The summed E-state index contributed by atoms with van der Waals surface area (Å²) in [6, 6.07) is 6.27. The first-order valence-corrected chi connectivity index (χ1v) is 6.37. The maximum atomic E-state index is 5.72. The van der Waals surface area contributed by atoms with Crippen molar-refractivity contribution in [3.8, 4) is 11.4 Å². The molecule has 0 aliphatic rings. The van der Waals surface area contributed by atoms with Crippen LogP contribution in [0.1, 0.15) is 30.3 Å². The molecule has 2 rings (SSSR count). The fourth-order valence-corrected chi connectivity index (χ4v) is 2.14. The van der Waals surface area contributed by atoms with E-state index in [1.165, 1.54) is 11.1 Å². The predicted molar refractivity (Wildman–Crippen MR) is 73.1 cm³/mol. The normalized spacial score (nSPS) is 10.9. The molecular formula is C14H20N4. The fraction of sp³-hybridized carbons (Fsp3) is 0.429. The minimum absolute atomic E-state index is 0.428. The van der Waals surface area contributed by atoms with Crippen LogP contribution >= 0.6 is 0 Å². The molecule has 0 unspecified atom stereocenters. The van der Waals surface area contributed by atoms with E-state index in [2.05, 4.69) is 53.7 Å². The number of nitrogens with zero attached hydrogens (tertiary/aromatic N) is 3. The molecule has 0 saturated carbocycles. The third kappa shape index (κ3) is 2.16. The van der Waals surface area contributed by atoms with E-state index in [0.717, 1.165) is 30.2 Å². The molecule has 2 N–H and O–H groups in total. The second-order valence-electron chi connectivity index (χ2n) is 4.54. The summed E-state index contributed by atoms with van der Waals surface area (Å²) in [5.41, 5.74) is 9.39. The van der Waals surface area contributed by atoms with Crippen LogP contribution in [0.4, 0.5) is 0 Å². The molecule has 1 aromatic heterocycles. The van der Waals surface area contributed by atoms with Gasteiger partial charge in [-0.05, 0) is 31.4 Å². The number of hydrogen-bond donors (Lipinski definition) is 1. The van der Waals surface area contributed by atoms with E-state index >= 15 is 0 Å². The smallest absolute Gasteiger partial charge is 0.164 e. The molecule has 0 fully saturated rings. The predicted octanol–water partition coefficient (Wildman–Crippen LogP) is 2.43. The highest BCUT2D eigenvalue weighted by Crippen LogP contribution is 2.24. The molecule has 0 radical (unpaired) electrons. The second-order valence-corrected chi connectivity index (χ2v) is 4.54. The molecule has 0 bridgehead atoms. The van der Waals surface area contributed by atoms with Crippen molar-refractivity contribution in [2.75, 3.05) is 0 Å². The molecule has 18 heavy (non-hydrogen) atoms. The van der Waals surface area contributed by atoms with E-state index in [1.807, 2.05) is 0 Å². The molecule has 0 aliphatic heterocycles. The molecule has 0 amide bonds. The van der Waals surface area contributed by atoms with Crippen LogP contribution in [-0.4, -0.2) is 14.8 Å². The van der Waals surface area contributed by atoms with Crippen molar-refractivity contribution < 1.29 is 0 Å². The van der Waals surface area contributed by atoms with E-state index in [-0.39, 0.29) is 0 Å². The van der Waals surface area contributed by atoms with Gasteiger partial charge in [-0.15, -0.1) is 10.2 Å². The Balaban J connectivity index is 2.56. The Morgan fingerprint density at radius 2 is 2.00 bits per heavy atom. The zero-order valence-corrected chi connectivity index (χ0v) is 11.3. The van der Waals surface area contributed by atoms with Crippen LogP contribution in [-0.2, 0) is 13.1 Å². The van der Waals surface area contributed by atoms with E-state index in [1.54, 1.807) is 0 Å². The van der Waals surface area contributed by atoms with E-state index in [4.69, 9.17) is 5.73 Å². The van der Waals surface area contributed by atoms with Crippen LogP contribution in [0.2, 0.25) is 0 Å². The van der Waals surface area contributed by atoms with Gasteiger partial charge in [-0.2, -0.15) is 0 Å². The van der Waals surface area contributed by atoms with Crippen LogP contribution < -0.4 is 5.73 Å². The Morgan fingerprint density at radius 3 is 2.67 bits per heavy atom. The van der Waals surface area contributed by atoms with Gasteiger partial charge >= 0.3 is 0 Å². The van der Waals surface area contributed by atoms with E-state index in [9.17, 15) is 0 Å². The summed E-state index contributed by atoms with van der Waals surface area (Å²) in [5, 5.41) is 8.50. The van der Waals surface area contributed by atoms with Gasteiger partial charge in [0.05, 0.1) is 6.54 Å². The van der Waals surface area contributed by atoms with E-state index in [0.29, 0.717) is 6.54 Å². The third-order valence-electron chi connectivity index (χ3n) is 3.30. The Hall–Kier alpha value is -1.68. The molecule has 2 aromatic rings. The highest BCUT2D eigenvalue weighted by Gasteiger charge is 2.14. The third-order valence-corrected chi connectivity index (χ3v) is 3.30. The lowest BCUT2D eigenvalue weighted by atomic mass is 10.0. The Morgan fingerprint density at radius 1 is 1.22 bits per heavy atom. The number of aryl methyl sites for hydroxylation is 1. The van der Waals surface area contributed by atoms with Crippen LogP contribution in [0, 0.1) is 13.8 Å². The number of hydrogen-bond acceptors (Lipinski definition) is 3. The summed E-state index contributed by atoms with van der Waals surface area (Å²) >= 11 is 0. The minimum atomic E-state index is 0.428. The molecule has 1 aromatic carbocycles. The standard InChI is InChI=1S/C14H20N4/c1-4-8-18-13(9-15)16-17-14(18)12-7-5-6-10(2)11(12)3/h5-7H,4,8-9,15H2,1-3H3. The van der Waals surface area contributed by atoms with Crippen LogP contribution in [0.5, 0.6) is 0 Å². The van der Waals surface area contributed by atoms with Crippen molar-refractivity contribution in [2.45, 2.75) is 40.3 Å². The lowest BCUT2D eigenvalue weighted by molar-refractivity contribution is 0.643. The topological polar surface area (TPSA) is 56.7 Å². The first-order chi connectivity index (χ1) is 8.69. The maximum Gasteiger partial charge on any atom is 0.164 e. The first-order valence-electron chi connectivity index (χ1n) is 6.37. The summed E-state index contributed by atoms with van der Waals surface area (Å²) in [6.45, 7) is 7.72. The number of rotatable bonds is 4. The van der Waals surface area contributed by atoms with Crippen LogP contribution in [0.25, 0.3) is 11.4 Å². The summed E-state index contributed by atoms with van der Waals surface area (Å²) in [7, 11) is 0. The zero-order chi connectivity index (χ0) is 13.1. The molecule has 0 aliphatic carbocycles. The number of aromatic nitrogens is 3. The van der Waals surface area contributed by atoms with Gasteiger partial charge in [0.2, 0.25) is 0 Å². The van der Waals surface area contributed by atoms with Crippen molar-refractivity contribution >= 4 is 0 Å². The summed E-state index contributed by atoms with van der Waals surface area (Å²) < 4.78 is 2.13. The average molecular weight is 244 g/mol. The Kier molecular flexibility index (Phi) is 3.77. The van der Waals surface area contributed by atoms with Gasteiger partial charge in [0.1, 0.15) is 5.82 Å². The van der Waals surface area contributed by atoms with Gasteiger partial charge < -0.3 is 10.3 Å². The second kappa shape index (κ2) is 5.31. The molecule has 1 heterocycles. The highest BCUT2D eigenvalue weighted by atomic mass is 15.3. The summed E-state index contributed by atoms with van der Waals surface area (Å²) in [6.07, 6.45) is 1.04. The van der Waals surface area contributed by atoms with Crippen molar-refractivity contribution in [3.05, 3.63) is 35.2 Å². The molecule has 0 atom stereocenters. The molecule has 0 saturated heterocycles. The van der Waals surface area contributed by atoms with Crippen LogP contribution in [0.15, 0.2) is 18.2 Å². The lowest BCUT2D eigenvalue weighted by Crippen LogP contribution is -2.09. The molecule has 0 spiro atoms. The zero-order valence-electron chi connectivity index (χ0n) is 11.3. The SMILES string of the molecule is CCCn1c(CN)nnc1-c1cccc(C)c1C. The summed E-state index contributed by atoms with van der Waals surface area (Å²) in [5.74, 6) is 1.78. The van der Waals surface area contributed by atoms with Gasteiger partial charge in [0.25, 0.3) is 0 Å². The van der Waals surface area contributed by atoms with Crippen molar-refractivity contribution in [2.24, 2.45) is 5.73 Å². The Labute approximate surface area is 108 Å². The van der Waals surface area contributed by atoms with Gasteiger partial charge in [-0.25, -0.2) is 0 Å². The van der Waals surface area contributed by atoms with Crippen LogP contribution in [0.3, 0.4) is 0 Å². The van der Waals surface area contributed by atoms with Gasteiger partial charge in [0, 0.05) is 12.1 Å². The van der Waals surface area contributed by atoms with Gasteiger partial charge in [-0.3, -0.25) is 0 Å². The number of benzene rings is 1. The molecule has 4 nitrogen and oxygen atoms in total. The average Bonchev–Trinajstić information content (AvgIpc) is 2.76. The molecular weight excluding hydrogens is 224 g/mol.